The number of rotatable bonds is 13. The largest absolute Gasteiger partial charge is 0.480 e. The molecule has 0 bridgehead atoms. The molecule has 2 N–H and O–H groups in total. The zero-order valence-corrected chi connectivity index (χ0v) is 27.6. The molecule has 0 radical (unpaired) electrons. The van der Waals surface area contributed by atoms with E-state index >= 15 is 0 Å². The summed E-state index contributed by atoms with van der Waals surface area (Å²) in [5, 5.41) is 13.2. The molecule has 1 aromatic heterocycles. The highest BCUT2D eigenvalue weighted by Crippen LogP contribution is 2.28. The predicted octanol–water partition coefficient (Wildman–Crippen LogP) is 5.34. The Kier molecular flexibility index (Phi) is 15.5. The number of urea groups is 1. The number of ether oxygens (including phenoxy) is 1. The maximum absolute atomic E-state index is 13.6. The van der Waals surface area contributed by atoms with Crippen molar-refractivity contribution in [2.24, 2.45) is 0 Å². The molecule has 0 saturated carbocycles. The van der Waals surface area contributed by atoms with E-state index in [4.69, 9.17) is 11.2 Å². The molecule has 12 nitrogen and oxygen atoms in total. The molecule has 3 rings (SSSR count). The Morgan fingerprint density at radius 3 is 2.29 bits per heavy atom. The number of carboxylic acids is 1. The number of carbonyl (C=O) groups is 3. The van der Waals surface area contributed by atoms with Crippen LogP contribution >= 0.6 is 0 Å². The molecule has 2 heterocycles. The minimum absolute atomic E-state index is 0.0244. The maximum atomic E-state index is 13.6. The van der Waals surface area contributed by atoms with Gasteiger partial charge in [-0.2, -0.15) is 4.98 Å². The van der Waals surface area contributed by atoms with Gasteiger partial charge < -0.3 is 29.9 Å². The van der Waals surface area contributed by atoms with Crippen LogP contribution in [0.15, 0.2) is 30.5 Å². The lowest BCUT2D eigenvalue weighted by molar-refractivity contribution is -0.137. The van der Waals surface area contributed by atoms with Crippen LogP contribution < -0.4 is 19.9 Å². The van der Waals surface area contributed by atoms with Gasteiger partial charge in [0.05, 0.1) is 12.7 Å². The average Bonchev–Trinajstić information content (AvgIpc) is 3.06. The van der Waals surface area contributed by atoms with E-state index in [1.165, 1.54) is 16.0 Å². The third kappa shape index (κ3) is 10.6. The van der Waals surface area contributed by atoms with Gasteiger partial charge in [-0.1, -0.05) is 38.8 Å². The van der Waals surface area contributed by atoms with Crippen molar-refractivity contribution in [1.82, 2.24) is 19.8 Å². The Morgan fingerprint density at radius 1 is 1.09 bits per heavy atom. The van der Waals surface area contributed by atoms with Crippen LogP contribution in [0.4, 0.5) is 27.0 Å². The van der Waals surface area contributed by atoms with Crippen molar-refractivity contribution in [3.63, 3.8) is 0 Å². The molecule has 0 aliphatic carbocycles. The standard InChI is InChI=1S/C31H43N7O5.C2H6/c1-6-17-35(5)31(42)43-24-15-13-23(14-16-24)21-25(28(39)40)33-27-26(22-32-29(34-27)36(8-3)9-4)38(18-7-2)30(41)37-19-11-10-12-20-37;1-2/h2,13-16,22,25H,6,8-12,17-21H2,1,3-5H3,(H,39,40)(H,32,33,34);1-2H3. The highest BCUT2D eigenvalue weighted by molar-refractivity contribution is 5.96. The Hall–Kier alpha value is -4.53. The topological polar surface area (TPSA) is 131 Å². The number of likely N-dealkylation sites (tertiary alicyclic amines) is 1. The summed E-state index contributed by atoms with van der Waals surface area (Å²) in [6, 6.07) is 5.33. The van der Waals surface area contributed by atoms with Crippen LogP contribution in [0, 0.1) is 12.3 Å². The normalized spacial score (nSPS) is 13.0. The van der Waals surface area contributed by atoms with E-state index in [2.05, 4.69) is 21.2 Å². The lowest BCUT2D eigenvalue weighted by Gasteiger charge is -2.33. The summed E-state index contributed by atoms with van der Waals surface area (Å²) in [5.74, 6) is 2.42. The average molecular weight is 624 g/mol. The van der Waals surface area contributed by atoms with Gasteiger partial charge in [0, 0.05) is 46.2 Å². The number of aromatic nitrogens is 2. The van der Waals surface area contributed by atoms with Gasteiger partial charge in [-0.25, -0.2) is 19.4 Å². The number of amides is 3. The molecule has 1 aliphatic heterocycles. The quantitative estimate of drug-likeness (QED) is 0.284. The van der Waals surface area contributed by atoms with Crippen LogP contribution in [0.3, 0.4) is 0 Å². The molecule has 3 amide bonds. The second kappa shape index (κ2) is 19.0. The van der Waals surface area contributed by atoms with E-state index in [1.807, 2.05) is 39.5 Å². The molecule has 1 saturated heterocycles. The van der Waals surface area contributed by atoms with Crippen molar-refractivity contribution < 1.29 is 24.2 Å². The molecule has 1 aromatic carbocycles. The Bertz CT molecular complexity index is 1270. The van der Waals surface area contributed by atoms with Gasteiger partial charge in [-0.05, 0) is 57.2 Å². The highest BCUT2D eigenvalue weighted by atomic mass is 16.6. The number of nitrogens with one attached hydrogen (secondary N) is 1. The van der Waals surface area contributed by atoms with Gasteiger partial charge >= 0.3 is 18.1 Å². The summed E-state index contributed by atoms with van der Waals surface area (Å²) in [5.41, 5.74) is 1.01. The van der Waals surface area contributed by atoms with Crippen LogP contribution in [0.2, 0.25) is 0 Å². The minimum atomic E-state index is -1.10. The summed E-state index contributed by atoms with van der Waals surface area (Å²) in [7, 11) is 1.67. The molecular formula is C33H49N7O5. The summed E-state index contributed by atoms with van der Waals surface area (Å²) >= 11 is 0. The van der Waals surface area contributed by atoms with Crippen molar-refractivity contribution in [1.29, 1.82) is 0 Å². The maximum Gasteiger partial charge on any atom is 0.414 e. The number of anilines is 3. The van der Waals surface area contributed by atoms with E-state index in [9.17, 15) is 19.5 Å². The van der Waals surface area contributed by atoms with Crippen molar-refractivity contribution in [3.8, 4) is 18.1 Å². The van der Waals surface area contributed by atoms with Crippen LogP contribution in [-0.2, 0) is 11.2 Å². The van der Waals surface area contributed by atoms with E-state index in [0.717, 1.165) is 25.7 Å². The highest BCUT2D eigenvalue weighted by Gasteiger charge is 2.29. The first-order chi connectivity index (χ1) is 21.7. The Labute approximate surface area is 267 Å². The monoisotopic (exact) mass is 623 g/mol. The number of hydrogen-bond donors (Lipinski definition) is 2. The molecule has 246 valence electrons. The van der Waals surface area contributed by atoms with Crippen molar-refractivity contribution >= 4 is 35.5 Å². The van der Waals surface area contributed by atoms with E-state index in [1.54, 1.807) is 36.2 Å². The molecule has 0 spiro atoms. The summed E-state index contributed by atoms with van der Waals surface area (Å²) in [4.78, 5) is 54.1. The number of aliphatic carboxylic acids is 1. The molecule has 2 aromatic rings. The van der Waals surface area contributed by atoms with Crippen molar-refractivity contribution in [2.75, 3.05) is 61.4 Å². The third-order valence-electron chi connectivity index (χ3n) is 7.25. The summed E-state index contributed by atoms with van der Waals surface area (Å²) < 4.78 is 5.40. The summed E-state index contributed by atoms with van der Waals surface area (Å²) in [6.07, 6.45) is 10.5. The van der Waals surface area contributed by atoms with Crippen LogP contribution in [0.25, 0.3) is 0 Å². The smallest absolute Gasteiger partial charge is 0.414 e. The van der Waals surface area contributed by atoms with Crippen molar-refractivity contribution in [2.45, 2.75) is 72.8 Å². The Morgan fingerprint density at radius 2 is 1.73 bits per heavy atom. The number of nitrogens with zero attached hydrogens (tertiary/aromatic N) is 6. The Balaban J connectivity index is 0.00000345. The SMILES string of the molecule is C#CCN(C(=O)N1CCCCC1)c1cnc(N(CC)CC)nc1NC(Cc1ccc(OC(=O)N(C)CCC)cc1)C(=O)O.CC. The predicted molar refractivity (Wildman–Crippen MR) is 178 cm³/mol. The van der Waals surface area contributed by atoms with Crippen LogP contribution in [-0.4, -0.2) is 95.3 Å². The number of terminal acetylenes is 1. The van der Waals surface area contributed by atoms with Gasteiger partial charge in [-0.3, -0.25) is 4.90 Å². The number of benzene rings is 1. The van der Waals surface area contributed by atoms with Crippen molar-refractivity contribution in [3.05, 3.63) is 36.0 Å². The molecule has 1 fully saturated rings. The molecule has 1 aliphatic rings. The molecule has 1 unspecified atom stereocenters. The molecular weight excluding hydrogens is 574 g/mol. The number of hydrogen-bond acceptors (Lipinski definition) is 8. The van der Waals surface area contributed by atoms with Gasteiger partial charge in [0.15, 0.2) is 5.82 Å². The molecule has 1 atom stereocenters. The number of carbonyl (C=O) groups excluding carboxylic acids is 2. The van der Waals surface area contributed by atoms with Gasteiger partial charge in [0.2, 0.25) is 5.95 Å². The second-order valence-electron chi connectivity index (χ2n) is 10.4. The fourth-order valence-corrected chi connectivity index (χ4v) is 4.83. The first kappa shape index (κ1) is 36.7. The molecule has 45 heavy (non-hydrogen) atoms. The first-order valence-corrected chi connectivity index (χ1v) is 15.8. The zero-order chi connectivity index (χ0) is 33.4. The number of carboxylic acid groups (broad SMARTS) is 1. The van der Waals surface area contributed by atoms with Gasteiger partial charge in [0.25, 0.3) is 0 Å². The number of piperidine rings is 1. The fourth-order valence-electron chi connectivity index (χ4n) is 4.83. The second-order valence-corrected chi connectivity index (χ2v) is 10.4. The van der Waals surface area contributed by atoms with Crippen LogP contribution in [0.5, 0.6) is 5.75 Å². The van der Waals surface area contributed by atoms with Gasteiger partial charge in [-0.15, -0.1) is 6.42 Å². The lowest BCUT2D eigenvalue weighted by Crippen LogP contribution is -2.46. The molecule has 12 heteroatoms. The summed E-state index contributed by atoms with van der Waals surface area (Å²) in [6.45, 7) is 13.0. The lowest BCUT2D eigenvalue weighted by atomic mass is 10.1. The van der Waals surface area contributed by atoms with E-state index < -0.39 is 18.1 Å². The fraction of sp³-hybridized carbons (Fsp3) is 0.545. The van der Waals surface area contributed by atoms with Crippen LogP contribution in [0.1, 0.15) is 65.9 Å². The zero-order valence-electron chi connectivity index (χ0n) is 27.6. The minimum Gasteiger partial charge on any atom is -0.480 e. The van der Waals surface area contributed by atoms with E-state index in [-0.39, 0.29) is 24.8 Å². The van der Waals surface area contributed by atoms with E-state index in [0.29, 0.717) is 55.7 Å². The third-order valence-corrected chi connectivity index (χ3v) is 7.25. The first-order valence-electron chi connectivity index (χ1n) is 15.8. The van der Waals surface area contributed by atoms with Gasteiger partial charge in [0.1, 0.15) is 17.5 Å².